The van der Waals surface area contributed by atoms with Crippen LogP contribution >= 0.6 is 0 Å². The molecule has 2 nitrogen and oxygen atoms in total. The quantitative estimate of drug-likeness (QED) is 0.689. The van der Waals surface area contributed by atoms with E-state index in [2.05, 4.69) is 57.2 Å². The Labute approximate surface area is 119 Å². The normalized spacial score (nSPS) is 11.8. The topological polar surface area (TPSA) is 25.8 Å². The molecule has 100 valence electrons. The number of hydrogen-bond donors (Lipinski definition) is 0. The molecule has 0 bridgehead atoms. The van der Waals surface area contributed by atoms with E-state index in [1.165, 1.54) is 5.56 Å². The molecule has 1 aromatic heterocycles. The molecule has 1 heterocycles. The molecule has 0 aliphatic carbocycles. The van der Waals surface area contributed by atoms with E-state index in [4.69, 9.17) is 9.97 Å². The Morgan fingerprint density at radius 3 is 2.20 bits per heavy atom. The number of nitrogens with zero attached hydrogens (tertiary/aromatic N) is 2. The van der Waals surface area contributed by atoms with Crippen molar-refractivity contribution in [1.82, 2.24) is 9.97 Å². The first kappa shape index (κ1) is 12.8. The summed E-state index contributed by atoms with van der Waals surface area (Å²) in [4.78, 5) is 9.51. The van der Waals surface area contributed by atoms with E-state index in [0.717, 1.165) is 22.4 Å². The van der Waals surface area contributed by atoms with Gasteiger partial charge >= 0.3 is 0 Å². The van der Waals surface area contributed by atoms with Crippen LogP contribution in [0.3, 0.4) is 0 Å². The first-order chi connectivity index (χ1) is 9.59. The monoisotopic (exact) mass is 262 g/mol. The number of benzene rings is 2. The van der Waals surface area contributed by atoms with Crippen molar-refractivity contribution < 1.29 is 0 Å². The maximum atomic E-state index is 4.77. The summed E-state index contributed by atoms with van der Waals surface area (Å²) in [6.45, 7) is 6.40. The second-order valence-electron chi connectivity index (χ2n) is 5.64. The molecule has 0 radical (unpaired) electrons. The van der Waals surface area contributed by atoms with E-state index in [1.807, 2.05) is 18.2 Å². The van der Waals surface area contributed by atoms with Crippen molar-refractivity contribution in [2.24, 2.45) is 0 Å². The van der Waals surface area contributed by atoms with E-state index in [9.17, 15) is 0 Å². The minimum Gasteiger partial charge on any atom is -0.237 e. The van der Waals surface area contributed by atoms with Crippen molar-refractivity contribution in [3.05, 3.63) is 71.7 Å². The molecule has 0 aliphatic heterocycles. The molecule has 0 spiro atoms. The van der Waals surface area contributed by atoms with Crippen LogP contribution in [0.2, 0.25) is 0 Å². The van der Waals surface area contributed by atoms with Crippen LogP contribution < -0.4 is 0 Å². The number of fused-ring (bicyclic) bond motifs is 1. The largest absolute Gasteiger partial charge is 0.237 e. The SMILES string of the molecule is Cc1nc(C(C)(C)c2ccccc2)nc2ccccc12. The highest BCUT2D eigenvalue weighted by Gasteiger charge is 2.26. The molecule has 20 heavy (non-hydrogen) atoms. The van der Waals surface area contributed by atoms with Crippen molar-refractivity contribution in [3.63, 3.8) is 0 Å². The molecule has 0 unspecified atom stereocenters. The van der Waals surface area contributed by atoms with Gasteiger partial charge in [0.25, 0.3) is 0 Å². The minimum atomic E-state index is -0.198. The average Bonchev–Trinajstić information content (AvgIpc) is 2.48. The Morgan fingerprint density at radius 1 is 0.800 bits per heavy atom. The van der Waals surface area contributed by atoms with Crippen LogP contribution in [0.5, 0.6) is 0 Å². The fraction of sp³-hybridized carbons (Fsp3) is 0.222. The third-order valence-corrected chi connectivity index (χ3v) is 3.85. The Bertz CT molecular complexity index is 746. The number of aromatic nitrogens is 2. The van der Waals surface area contributed by atoms with Gasteiger partial charge in [0.1, 0.15) is 5.82 Å². The summed E-state index contributed by atoms with van der Waals surface area (Å²) in [7, 11) is 0. The number of rotatable bonds is 2. The van der Waals surface area contributed by atoms with Crippen LogP contribution in [-0.4, -0.2) is 9.97 Å². The van der Waals surface area contributed by atoms with E-state index in [1.54, 1.807) is 0 Å². The minimum absolute atomic E-state index is 0.198. The van der Waals surface area contributed by atoms with Gasteiger partial charge in [0, 0.05) is 16.5 Å². The van der Waals surface area contributed by atoms with E-state index in [-0.39, 0.29) is 5.41 Å². The van der Waals surface area contributed by atoms with E-state index in [0.29, 0.717) is 0 Å². The Hall–Kier alpha value is -2.22. The van der Waals surface area contributed by atoms with Gasteiger partial charge in [0.2, 0.25) is 0 Å². The van der Waals surface area contributed by atoms with E-state index < -0.39 is 0 Å². The van der Waals surface area contributed by atoms with Gasteiger partial charge in [-0.15, -0.1) is 0 Å². The summed E-state index contributed by atoms with van der Waals surface area (Å²) in [5.74, 6) is 0.875. The first-order valence-electron chi connectivity index (χ1n) is 6.88. The number of hydrogen-bond acceptors (Lipinski definition) is 2. The van der Waals surface area contributed by atoms with Crippen molar-refractivity contribution in [2.45, 2.75) is 26.2 Å². The molecule has 0 saturated carbocycles. The summed E-state index contributed by atoms with van der Waals surface area (Å²) in [6, 6.07) is 18.6. The molecule has 3 aromatic rings. The van der Waals surface area contributed by atoms with Crippen LogP contribution in [0.4, 0.5) is 0 Å². The summed E-state index contributed by atoms with van der Waals surface area (Å²) < 4.78 is 0. The molecule has 0 amide bonds. The molecule has 0 N–H and O–H groups in total. The smallest absolute Gasteiger partial charge is 0.139 e. The maximum Gasteiger partial charge on any atom is 0.139 e. The maximum absolute atomic E-state index is 4.77. The van der Waals surface area contributed by atoms with Crippen molar-refractivity contribution >= 4 is 10.9 Å². The summed E-state index contributed by atoms with van der Waals surface area (Å²) in [5, 5.41) is 1.13. The highest BCUT2D eigenvalue weighted by molar-refractivity contribution is 5.80. The van der Waals surface area contributed by atoms with Gasteiger partial charge in [0.15, 0.2) is 0 Å². The third kappa shape index (κ3) is 2.07. The zero-order valence-corrected chi connectivity index (χ0v) is 12.1. The predicted octanol–water partition coefficient (Wildman–Crippen LogP) is 4.26. The molecular formula is C18H18N2. The molecule has 0 aliphatic rings. The van der Waals surface area contributed by atoms with Gasteiger partial charge in [-0.3, -0.25) is 0 Å². The lowest BCUT2D eigenvalue weighted by Crippen LogP contribution is -2.22. The summed E-state index contributed by atoms with van der Waals surface area (Å²) in [5.41, 5.74) is 3.08. The fourth-order valence-corrected chi connectivity index (χ4v) is 2.50. The summed E-state index contributed by atoms with van der Waals surface area (Å²) in [6.07, 6.45) is 0. The lowest BCUT2D eigenvalue weighted by molar-refractivity contribution is 0.591. The van der Waals surface area contributed by atoms with Crippen molar-refractivity contribution in [3.8, 4) is 0 Å². The average molecular weight is 262 g/mol. The van der Waals surface area contributed by atoms with Crippen LogP contribution in [0.25, 0.3) is 10.9 Å². The standard InChI is InChI=1S/C18H18N2/c1-13-15-11-7-8-12-16(15)20-17(19-13)18(2,3)14-9-5-4-6-10-14/h4-12H,1-3H3. The van der Waals surface area contributed by atoms with Gasteiger partial charge in [0.05, 0.1) is 5.52 Å². The lowest BCUT2D eigenvalue weighted by Gasteiger charge is -2.24. The van der Waals surface area contributed by atoms with Gasteiger partial charge in [-0.25, -0.2) is 9.97 Å². The number of para-hydroxylation sites is 1. The zero-order chi connectivity index (χ0) is 14.2. The van der Waals surface area contributed by atoms with Gasteiger partial charge < -0.3 is 0 Å². The number of aryl methyl sites for hydroxylation is 1. The van der Waals surface area contributed by atoms with Crippen LogP contribution in [-0.2, 0) is 5.41 Å². The molecule has 2 heteroatoms. The van der Waals surface area contributed by atoms with Crippen LogP contribution in [0.15, 0.2) is 54.6 Å². The Kier molecular flexibility index (Phi) is 3.01. The van der Waals surface area contributed by atoms with Crippen molar-refractivity contribution in [2.75, 3.05) is 0 Å². The van der Waals surface area contributed by atoms with Gasteiger partial charge in [-0.1, -0.05) is 48.5 Å². The van der Waals surface area contributed by atoms with Crippen molar-refractivity contribution in [1.29, 1.82) is 0 Å². The molecule has 3 rings (SSSR count). The van der Waals surface area contributed by atoms with Gasteiger partial charge in [-0.05, 0) is 32.4 Å². The van der Waals surface area contributed by atoms with Crippen LogP contribution in [0, 0.1) is 6.92 Å². The van der Waals surface area contributed by atoms with Gasteiger partial charge in [-0.2, -0.15) is 0 Å². The molecule has 0 fully saturated rings. The molecule has 2 aromatic carbocycles. The Balaban J connectivity index is 2.19. The Morgan fingerprint density at radius 2 is 1.45 bits per heavy atom. The zero-order valence-electron chi connectivity index (χ0n) is 12.1. The highest BCUT2D eigenvalue weighted by atomic mass is 14.9. The predicted molar refractivity (Wildman–Crippen MR) is 82.8 cm³/mol. The first-order valence-corrected chi connectivity index (χ1v) is 6.88. The molecular weight excluding hydrogens is 244 g/mol. The lowest BCUT2D eigenvalue weighted by atomic mass is 9.83. The third-order valence-electron chi connectivity index (χ3n) is 3.85. The summed E-state index contributed by atoms with van der Waals surface area (Å²) >= 11 is 0. The fourth-order valence-electron chi connectivity index (χ4n) is 2.50. The highest BCUT2D eigenvalue weighted by Crippen LogP contribution is 2.30. The molecule has 0 saturated heterocycles. The van der Waals surface area contributed by atoms with E-state index >= 15 is 0 Å². The second-order valence-corrected chi connectivity index (χ2v) is 5.64. The molecule has 0 atom stereocenters. The van der Waals surface area contributed by atoms with Crippen LogP contribution in [0.1, 0.15) is 30.9 Å². The second kappa shape index (κ2) is 4.71.